The van der Waals surface area contributed by atoms with Crippen molar-refractivity contribution < 1.29 is 13.9 Å². The van der Waals surface area contributed by atoms with Crippen LogP contribution in [0, 0.1) is 5.82 Å². The van der Waals surface area contributed by atoms with Gasteiger partial charge in [0.1, 0.15) is 10.8 Å². The van der Waals surface area contributed by atoms with Gasteiger partial charge in [0.25, 0.3) is 0 Å². The van der Waals surface area contributed by atoms with Gasteiger partial charge in [0.15, 0.2) is 0 Å². The molecule has 1 aromatic heterocycles. The van der Waals surface area contributed by atoms with Crippen LogP contribution in [0.15, 0.2) is 29.4 Å². The normalized spacial score (nSPS) is 10.4. The highest BCUT2D eigenvalue weighted by atomic mass is 127. The molecule has 0 aliphatic rings. The number of esters is 1. The first-order valence-corrected chi connectivity index (χ1v) is 8.11. The van der Waals surface area contributed by atoms with Crippen molar-refractivity contribution in [2.75, 3.05) is 7.11 Å². The molecule has 18 heavy (non-hydrogen) atoms. The summed E-state index contributed by atoms with van der Waals surface area (Å²) in [5, 5.41) is 8.36. The molecular weight excluding hydrogens is 372 g/mol. The number of hydrogen-bond donors (Lipinski definition) is 0. The molecule has 94 valence electrons. The zero-order chi connectivity index (χ0) is 13.1. The van der Waals surface area contributed by atoms with Gasteiger partial charge in [-0.15, -0.1) is 5.10 Å². The number of hydrogen-bond acceptors (Lipinski definition) is 5. The monoisotopic (exact) mass is 379 g/mol. The van der Waals surface area contributed by atoms with Crippen molar-refractivity contribution in [1.29, 1.82) is 0 Å². The first-order valence-electron chi connectivity index (χ1n) is 4.75. The minimum Gasteiger partial charge on any atom is -0.465 e. The third kappa shape index (κ3) is 2.48. The quantitative estimate of drug-likeness (QED) is 0.606. The van der Waals surface area contributed by atoms with Gasteiger partial charge in [-0.1, -0.05) is 5.21 Å². The lowest BCUT2D eigenvalue weighted by molar-refractivity contribution is 0.0595. The van der Waals surface area contributed by atoms with Crippen LogP contribution in [0.5, 0.6) is 0 Å². The summed E-state index contributed by atoms with van der Waals surface area (Å²) < 4.78 is 19.7. The third-order valence-corrected chi connectivity index (χ3v) is 3.99. The summed E-state index contributed by atoms with van der Waals surface area (Å²) in [6.07, 6.45) is 1.57. The molecular formula is C10H7FIN3O2S. The fourth-order valence-corrected chi connectivity index (χ4v) is 2.56. The maximum Gasteiger partial charge on any atom is 0.340 e. The van der Waals surface area contributed by atoms with E-state index in [4.69, 9.17) is 0 Å². The number of methoxy groups -OCH3 is 1. The lowest BCUT2D eigenvalue weighted by Gasteiger charge is -2.06. The van der Waals surface area contributed by atoms with Crippen LogP contribution >= 0.6 is 30.1 Å². The maximum atomic E-state index is 13.7. The summed E-state index contributed by atoms with van der Waals surface area (Å²) in [4.78, 5) is 11.3. The van der Waals surface area contributed by atoms with Crippen LogP contribution in [-0.2, 0) is 4.74 Å². The van der Waals surface area contributed by atoms with E-state index in [9.17, 15) is 9.18 Å². The Balaban J connectivity index is 2.43. The van der Waals surface area contributed by atoms with E-state index in [1.54, 1.807) is 12.3 Å². The van der Waals surface area contributed by atoms with Gasteiger partial charge < -0.3 is 4.74 Å². The number of carbonyl (C=O) groups is 1. The summed E-state index contributed by atoms with van der Waals surface area (Å²) in [5.74, 6) is -1.36. The summed E-state index contributed by atoms with van der Waals surface area (Å²) in [6, 6.07) is 4.16. The second kappa shape index (κ2) is 5.65. The number of halogens is 2. The van der Waals surface area contributed by atoms with Gasteiger partial charge in [0.2, 0.25) is 0 Å². The SMILES string of the molecule is COC(=O)c1ccc(-n2nncc2SI)cc1F. The van der Waals surface area contributed by atoms with E-state index in [0.717, 1.165) is 5.03 Å². The Hall–Kier alpha value is -1.16. The lowest BCUT2D eigenvalue weighted by atomic mass is 10.2. The average molecular weight is 379 g/mol. The number of rotatable bonds is 3. The molecule has 0 amide bonds. The highest BCUT2D eigenvalue weighted by molar-refractivity contribution is 14.2. The molecule has 0 N–H and O–H groups in total. The van der Waals surface area contributed by atoms with Crippen molar-refractivity contribution >= 4 is 36.1 Å². The molecule has 2 aromatic rings. The Morgan fingerprint density at radius 2 is 2.33 bits per heavy atom. The van der Waals surface area contributed by atoms with E-state index in [1.165, 1.54) is 32.9 Å². The highest BCUT2D eigenvalue weighted by Crippen LogP contribution is 2.26. The number of nitrogens with zero attached hydrogens (tertiary/aromatic N) is 3. The Morgan fingerprint density at radius 3 is 2.94 bits per heavy atom. The van der Waals surface area contributed by atoms with Crippen molar-refractivity contribution in [2.24, 2.45) is 0 Å². The van der Waals surface area contributed by atoms with Crippen LogP contribution in [0.3, 0.4) is 0 Å². The fraction of sp³-hybridized carbons (Fsp3) is 0.100. The second-order valence-electron chi connectivity index (χ2n) is 3.22. The molecule has 0 radical (unpaired) electrons. The molecule has 1 aromatic carbocycles. The zero-order valence-electron chi connectivity index (χ0n) is 9.13. The zero-order valence-corrected chi connectivity index (χ0v) is 12.1. The standard InChI is InChI=1S/C10H7FIN3O2S/c1-17-10(16)7-3-2-6(4-8(7)11)15-9(18-12)5-13-14-15/h2-5H,1H3. The van der Waals surface area contributed by atoms with Crippen LogP contribution < -0.4 is 0 Å². The van der Waals surface area contributed by atoms with E-state index in [1.807, 2.05) is 0 Å². The molecule has 0 bridgehead atoms. The predicted octanol–water partition coefficient (Wildman–Crippen LogP) is 2.64. The summed E-state index contributed by atoms with van der Waals surface area (Å²) in [7, 11) is 2.62. The Labute approximate surface area is 118 Å². The van der Waals surface area contributed by atoms with Gasteiger partial charge in [-0.25, -0.2) is 13.9 Å². The van der Waals surface area contributed by atoms with Crippen LogP contribution in [0.2, 0.25) is 0 Å². The van der Waals surface area contributed by atoms with Gasteiger partial charge in [-0.2, -0.15) is 0 Å². The number of aromatic nitrogens is 3. The Kier molecular flexibility index (Phi) is 4.17. The highest BCUT2D eigenvalue weighted by Gasteiger charge is 2.14. The van der Waals surface area contributed by atoms with Crippen LogP contribution in [0.25, 0.3) is 5.69 Å². The smallest absolute Gasteiger partial charge is 0.340 e. The largest absolute Gasteiger partial charge is 0.465 e. The summed E-state index contributed by atoms with van der Waals surface area (Å²) >= 11 is 2.08. The van der Waals surface area contributed by atoms with Gasteiger partial charge in [-0.3, -0.25) is 0 Å². The Morgan fingerprint density at radius 1 is 1.56 bits per heavy atom. The molecule has 0 aliphatic heterocycles. The van der Waals surface area contributed by atoms with E-state index in [-0.39, 0.29) is 5.56 Å². The topological polar surface area (TPSA) is 57.0 Å². The second-order valence-corrected chi connectivity index (χ2v) is 5.11. The van der Waals surface area contributed by atoms with Gasteiger partial charge in [0, 0.05) is 27.3 Å². The molecule has 8 heteroatoms. The fourth-order valence-electron chi connectivity index (χ4n) is 1.37. The summed E-state index contributed by atoms with van der Waals surface area (Å²) in [5.41, 5.74) is 0.391. The Bertz CT molecular complexity index is 590. The minimum absolute atomic E-state index is 0.106. The molecule has 0 saturated carbocycles. The lowest BCUT2D eigenvalue weighted by Crippen LogP contribution is -2.06. The first kappa shape index (κ1) is 13.3. The molecule has 0 atom stereocenters. The predicted molar refractivity (Wildman–Crippen MR) is 72.5 cm³/mol. The van der Waals surface area contributed by atoms with Crippen LogP contribution in [-0.4, -0.2) is 28.1 Å². The third-order valence-electron chi connectivity index (χ3n) is 2.20. The van der Waals surface area contributed by atoms with Gasteiger partial charge in [-0.05, 0) is 21.1 Å². The van der Waals surface area contributed by atoms with E-state index < -0.39 is 11.8 Å². The van der Waals surface area contributed by atoms with Crippen LogP contribution in [0.1, 0.15) is 10.4 Å². The van der Waals surface area contributed by atoms with Crippen molar-refractivity contribution in [3.05, 3.63) is 35.8 Å². The first-order chi connectivity index (χ1) is 8.67. The van der Waals surface area contributed by atoms with Crippen molar-refractivity contribution in [2.45, 2.75) is 5.03 Å². The average Bonchev–Trinajstić information content (AvgIpc) is 2.86. The number of ether oxygens (including phenoxy) is 1. The minimum atomic E-state index is -0.707. The van der Waals surface area contributed by atoms with E-state index in [2.05, 4.69) is 36.3 Å². The molecule has 1 heterocycles. The molecule has 0 spiro atoms. The van der Waals surface area contributed by atoms with Crippen molar-refractivity contribution in [3.8, 4) is 5.69 Å². The number of carbonyl (C=O) groups excluding carboxylic acids is 1. The van der Waals surface area contributed by atoms with Gasteiger partial charge >= 0.3 is 5.97 Å². The molecule has 0 aliphatic carbocycles. The maximum absolute atomic E-state index is 13.7. The number of benzene rings is 1. The molecule has 0 unspecified atom stereocenters. The molecule has 0 saturated heterocycles. The molecule has 2 rings (SSSR count). The van der Waals surface area contributed by atoms with Gasteiger partial charge in [0.05, 0.1) is 24.6 Å². The molecule has 5 nitrogen and oxygen atoms in total. The van der Waals surface area contributed by atoms with Crippen molar-refractivity contribution in [3.63, 3.8) is 0 Å². The van der Waals surface area contributed by atoms with Crippen molar-refractivity contribution in [1.82, 2.24) is 15.0 Å². The van der Waals surface area contributed by atoms with E-state index in [0.29, 0.717) is 5.69 Å². The summed E-state index contributed by atoms with van der Waals surface area (Å²) in [6.45, 7) is 0. The van der Waals surface area contributed by atoms with Crippen LogP contribution in [0.4, 0.5) is 4.39 Å². The molecule has 0 fully saturated rings. The van der Waals surface area contributed by atoms with E-state index >= 15 is 0 Å².